The molecule has 0 atom stereocenters. The second-order valence-corrected chi connectivity index (χ2v) is 6.66. The van der Waals surface area contributed by atoms with Crippen LogP contribution in [0.15, 0.2) is 60.8 Å². The number of hydrogen-bond donors (Lipinski definition) is 3. The molecule has 4 aromatic rings. The van der Waals surface area contributed by atoms with Gasteiger partial charge in [-0.25, -0.2) is 4.98 Å². The Kier molecular flexibility index (Phi) is 7.10. The van der Waals surface area contributed by atoms with E-state index in [-0.39, 0.29) is 42.7 Å². The van der Waals surface area contributed by atoms with Crippen molar-refractivity contribution in [2.45, 2.75) is 6.92 Å². The number of pyridine rings is 1. The van der Waals surface area contributed by atoms with Gasteiger partial charge in [-0.1, -0.05) is 42.5 Å². The van der Waals surface area contributed by atoms with Gasteiger partial charge in [-0.15, -0.1) is 5.52 Å². The summed E-state index contributed by atoms with van der Waals surface area (Å²) in [6, 6.07) is 16.5. The zero-order chi connectivity index (χ0) is 21.1. The first-order valence-electron chi connectivity index (χ1n) is 9.31. The predicted molar refractivity (Wildman–Crippen MR) is 115 cm³/mol. The van der Waals surface area contributed by atoms with E-state index in [1.54, 1.807) is 18.2 Å². The van der Waals surface area contributed by atoms with Crippen LogP contribution >= 0.6 is 0 Å². The minimum Gasteiger partial charge on any atom is -0.574 e. The summed E-state index contributed by atoms with van der Waals surface area (Å²) in [5.74, 6) is -0.333. The molecule has 0 saturated heterocycles. The number of rotatable bonds is 5. The van der Waals surface area contributed by atoms with Gasteiger partial charge in [-0.2, -0.15) is 0 Å². The fraction of sp³-hybridized carbons (Fsp3) is 0.0909. The van der Waals surface area contributed by atoms with E-state index in [0.29, 0.717) is 28.0 Å². The first kappa shape index (κ1) is 22.5. The molecule has 3 N–H and O–H groups in total. The molecule has 0 spiro atoms. The van der Waals surface area contributed by atoms with Gasteiger partial charge in [0, 0.05) is 50.0 Å². The quantitative estimate of drug-likeness (QED) is 0.310. The van der Waals surface area contributed by atoms with Gasteiger partial charge in [-0.3, -0.25) is 9.59 Å². The van der Waals surface area contributed by atoms with Crippen molar-refractivity contribution in [3.05, 3.63) is 77.6 Å². The maximum absolute atomic E-state index is 12.9. The van der Waals surface area contributed by atoms with Crippen molar-refractivity contribution in [3.63, 3.8) is 0 Å². The van der Waals surface area contributed by atoms with Crippen LogP contribution in [0.2, 0.25) is 0 Å². The van der Waals surface area contributed by atoms with Gasteiger partial charge in [0.15, 0.2) is 5.82 Å². The van der Waals surface area contributed by atoms with Crippen LogP contribution < -0.4 is 21.0 Å². The Balaban J connectivity index is 0.00000272. The summed E-state index contributed by atoms with van der Waals surface area (Å²) in [4.78, 5) is 29.4. The van der Waals surface area contributed by atoms with Crippen molar-refractivity contribution >= 4 is 39.9 Å². The second kappa shape index (κ2) is 9.77. The summed E-state index contributed by atoms with van der Waals surface area (Å²) < 4.78 is 0. The molecule has 31 heavy (non-hydrogen) atoms. The van der Waals surface area contributed by atoms with Crippen molar-refractivity contribution in [2.75, 3.05) is 17.7 Å². The molecule has 0 radical (unpaired) electrons. The topological polar surface area (TPSA) is 110 Å². The van der Waals surface area contributed by atoms with Gasteiger partial charge in [0.2, 0.25) is 0 Å². The summed E-state index contributed by atoms with van der Waals surface area (Å²) in [5, 5.41) is 17.3. The molecule has 2 heterocycles. The molecular weight excluding hydrogens is 618 g/mol. The number of hydrogen-bond acceptors (Lipinski definition) is 5. The van der Waals surface area contributed by atoms with E-state index in [2.05, 4.69) is 31.1 Å². The molecule has 0 aliphatic rings. The maximum Gasteiger partial charge on any atom is 0.273 e. The van der Waals surface area contributed by atoms with Gasteiger partial charge >= 0.3 is 0 Å². The van der Waals surface area contributed by atoms with Crippen LogP contribution in [0, 0.1) is 38.0 Å². The third-order valence-corrected chi connectivity index (χ3v) is 4.66. The van der Waals surface area contributed by atoms with E-state index >= 15 is 0 Å². The molecule has 8 nitrogen and oxygen atoms in total. The van der Waals surface area contributed by atoms with Gasteiger partial charge in [0.1, 0.15) is 5.69 Å². The van der Waals surface area contributed by atoms with E-state index < -0.39 is 5.91 Å². The Morgan fingerprint density at radius 2 is 1.71 bits per heavy atom. The number of fused-ring (bicyclic) bond motifs is 1. The van der Waals surface area contributed by atoms with E-state index in [1.165, 1.54) is 13.2 Å². The number of carbonyl (C=O) groups is 2. The molecule has 0 aliphatic heterocycles. The Morgan fingerprint density at radius 3 is 2.48 bits per heavy atom. The number of amides is 2. The molecule has 154 valence electrons. The molecule has 4 rings (SSSR count). The van der Waals surface area contributed by atoms with Crippen LogP contribution in [0.1, 0.15) is 26.4 Å². The van der Waals surface area contributed by atoms with Crippen LogP contribution in [0.25, 0.3) is 10.9 Å². The first-order valence-corrected chi connectivity index (χ1v) is 9.31. The van der Waals surface area contributed by atoms with Crippen LogP contribution in [-0.2, 0) is 0 Å². The number of para-hydroxylation sites is 1. The largest absolute Gasteiger partial charge is 0.574 e. The van der Waals surface area contributed by atoms with Crippen molar-refractivity contribution in [3.8, 4) is 0 Å². The third-order valence-electron chi connectivity index (χ3n) is 4.66. The minimum atomic E-state index is -0.438. The average molecular weight is 637 g/mol. The number of anilines is 3. The van der Waals surface area contributed by atoms with E-state index in [0.717, 1.165) is 11.3 Å². The normalized spacial score (nSPS) is 10.3. The second-order valence-electron chi connectivity index (χ2n) is 6.66. The molecule has 2 aromatic heterocycles. The summed E-state index contributed by atoms with van der Waals surface area (Å²) in [7, 11) is 1.53. The fourth-order valence-corrected chi connectivity index (χ4v) is 3.04. The van der Waals surface area contributed by atoms with Gasteiger partial charge in [0.25, 0.3) is 11.8 Å². The Hall–Kier alpha value is -3.15. The number of carbonyl (C=O) groups excluding carboxylic acids is 2. The number of nitrogens with zero attached hydrogens (tertiary/aromatic N) is 3. The van der Waals surface area contributed by atoms with Crippen molar-refractivity contribution in [1.29, 1.82) is 0 Å². The number of benzene rings is 2. The zero-order valence-corrected chi connectivity index (χ0v) is 21.1. The molecule has 0 unspecified atom stereocenters. The molecule has 2 aromatic carbocycles. The Bertz CT molecular complexity index is 1250. The molecule has 0 aliphatic carbocycles. The summed E-state index contributed by atoms with van der Waals surface area (Å²) in [6.07, 6.45) is 1.45. The average Bonchev–Trinajstić information content (AvgIpc) is 3.20. The SMILES string of the molecule is CNC(=O)c1cnc(Nc2ccccc2C)c(NC(=O)c2n[n-]c3ccccc23)c1.[U]. The zero-order valence-electron chi connectivity index (χ0n) is 16.9. The summed E-state index contributed by atoms with van der Waals surface area (Å²) in [5.41, 5.74) is 3.38. The van der Waals surface area contributed by atoms with Crippen LogP contribution in [0.4, 0.5) is 17.2 Å². The van der Waals surface area contributed by atoms with Crippen LogP contribution in [-0.4, -0.2) is 28.9 Å². The van der Waals surface area contributed by atoms with Crippen LogP contribution in [0.3, 0.4) is 0 Å². The van der Waals surface area contributed by atoms with E-state index in [4.69, 9.17) is 0 Å². The number of aromatic nitrogens is 3. The van der Waals surface area contributed by atoms with Gasteiger partial charge in [-0.05, 0) is 30.0 Å². The van der Waals surface area contributed by atoms with Gasteiger partial charge < -0.3 is 26.1 Å². The van der Waals surface area contributed by atoms with Gasteiger partial charge in [0.05, 0.1) is 11.3 Å². The maximum atomic E-state index is 12.9. The van der Waals surface area contributed by atoms with E-state index in [1.807, 2.05) is 43.3 Å². The van der Waals surface area contributed by atoms with Crippen molar-refractivity contribution in [2.24, 2.45) is 0 Å². The smallest absolute Gasteiger partial charge is 0.273 e. The molecular formula is C22H19N6O2U-. The number of nitrogens with one attached hydrogen (secondary N) is 3. The summed E-state index contributed by atoms with van der Waals surface area (Å²) >= 11 is 0. The number of aryl methyl sites for hydroxylation is 1. The first-order chi connectivity index (χ1) is 14.6. The Morgan fingerprint density at radius 1 is 0.968 bits per heavy atom. The minimum absolute atomic E-state index is 0. The molecule has 0 bridgehead atoms. The van der Waals surface area contributed by atoms with Crippen molar-refractivity contribution in [1.82, 2.24) is 20.5 Å². The molecule has 0 saturated carbocycles. The summed E-state index contributed by atoms with van der Waals surface area (Å²) in [6.45, 7) is 1.96. The monoisotopic (exact) mass is 637 g/mol. The fourth-order valence-electron chi connectivity index (χ4n) is 3.04. The third kappa shape index (κ3) is 4.79. The molecule has 0 fully saturated rings. The van der Waals surface area contributed by atoms with Crippen molar-refractivity contribution < 1.29 is 40.7 Å². The molecule has 2 amide bonds. The molecule has 9 heteroatoms. The Labute approximate surface area is 202 Å². The predicted octanol–water partition coefficient (Wildman–Crippen LogP) is 3.25. The standard InChI is InChI=1S/C22H20N6O2.U/c1-13-7-3-5-9-16(13)25-20-18(11-14(12-24-20)21(29)23-2)26-22(30)19-15-8-4-6-10-17(15)27-28-19;/h3-12H,1-2H3,(H4,23,24,25,26,27,28,29,30);/p-1. The van der Waals surface area contributed by atoms with Crippen LogP contribution in [0.5, 0.6) is 0 Å². The van der Waals surface area contributed by atoms with E-state index in [9.17, 15) is 9.59 Å².